The van der Waals surface area contributed by atoms with Gasteiger partial charge in [-0.3, -0.25) is 4.79 Å². The number of carbonyl (C=O) groups excluding carboxylic acids is 1. The molecule has 0 aromatic heterocycles. The standard InChI is InChI=1S/C23H21ClN4O2/c1-14-4-8-20(21(24)10-14)23(30)28-25-13-17-12-19(7-9-22(17)29)27-26-18-6-5-15(2)16(3)11-18/h4-13,29H,1-3H3,(H,28,30)/b25-13+,27-26?. The van der Waals surface area contributed by atoms with Gasteiger partial charge in [0, 0.05) is 5.56 Å². The maximum Gasteiger partial charge on any atom is 0.272 e. The topological polar surface area (TPSA) is 86.4 Å². The summed E-state index contributed by atoms with van der Waals surface area (Å²) in [6, 6.07) is 15.7. The number of rotatable bonds is 5. The molecule has 3 aromatic carbocycles. The second-order valence-corrected chi connectivity index (χ2v) is 7.30. The fourth-order valence-corrected chi connectivity index (χ4v) is 2.96. The van der Waals surface area contributed by atoms with Crippen molar-refractivity contribution >= 4 is 35.1 Å². The third-order valence-corrected chi connectivity index (χ3v) is 4.83. The Hall–Kier alpha value is -3.51. The van der Waals surface area contributed by atoms with E-state index in [1.165, 1.54) is 17.8 Å². The molecule has 0 fully saturated rings. The number of aromatic hydroxyl groups is 1. The van der Waals surface area contributed by atoms with E-state index in [2.05, 4.69) is 20.8 Å². The molecule has 0 spiro atoms. The number of nitrogens with zero attached hydrogens (tertiary/aromatic N) is 3. The van der Waals surface area contributed by atoms with Gasteiger partial charge >= 0.3 is 0 Å². The summed E-state index contributed by atoms with van der Waals surface area (Å²) in [5.74, 6) is -0.437. The second-order valence-electron chi connectivity index (χ2n) is 6.89. The Balaban J connectivity index is 1.72. The summed E-state index contributed by atoms with van der Waals surface area (Å²) in [4.78, 5) is 12.2. The quantitative estimate of drug-likeness (QED) is 0.294. The zero-order valence-electron chi connectivity index (χ0n) is 16.8. The highest BCUT2D eigenvalue weighted by Crippen LogP contribution is 2.25. The lowest BCUT2D eigenvalue weighted by Gasteiger charge is -2.04. The third-order valence-electron chi connectivity index (χ3n) is 4.52. The van der Waals surface area contributed by atoms with Gasteiger partial charge in [0.1, 0.15) is 5.75 Å². The van der Waals surface area contributed by atoms with Gasteiger partial charge in [-0.2, -0.15) is 15.3 Å². The first-order chi connectivity index (χ1) is 14.3. The van der Waals surface area contributed by atoms with Crippen molar-refractivity contribution in [2.24, 2.45) is 15.3 Å². The number of halogens is 1. The second kappa shape index (κ2) is 9.33. The van der Waals surface area contributed by atoms with Crippen LogP contribution in [0.5, 0.6) is 5.75 Å². The highest BCUT2D eigenvalue weighted by molar-refractivity contribution is 6.33. The van der Waals surface area contributed by atoms with E-state index < -0.39 is 5.91 Å². The Morgan fingerprint density at radius 2 is 1.63 bits per heavy atom. The first kappa shape index (κ1) is 21.2. The molecule has 0 saturated heterocycles. The van der Waals surface area contributed by atoms with Crippen LogP contribution in [0, 0.1) is 20.8 Å². The summed E-state index contributed by atoms with van der Waals surface area (Å²) >= 11 is 6.09. The Morgan fingerprint density at radius 1 is 0.933 bits per heavy atom. The lowest BCUT2D eigenvalue weighted by Crippen LogP contribution is -2.18. The number of phenolic OH excluding ortho intramolecular Hbond substituents is 1. The molecule has 0 unspecified atom stereocenters. The van der Waals surface area contributed by atoms with Crippen LogP contribution in [0.15, 0.2) is 69.9 Å². The number of azo groups is 1. The van der Waals surface area contributed by atoms with E-state index in [4.69, 9.17) is 11.6 Å². The van der Waals surface area contributed by atoms with Gasteiger partial charge in [0.25, 0.3) is 5.91 Å². The van der Waals surface area contributed by atoms with Crippen molar-refractivity contribution in [3.05, 3.63) is 87.4 Å². The van der Waals surface area contributed by atoms with Crippen LogP contribution in [-0.2, 0) is 0 Å². The molecule has 0 heterocycles. The average Bonchev–Trinajstić information content (AvgIpc) is 2.70. The minimum atomic E-state index is -0.443. The Bertz CT molecular complexity index is 1160. The van der Waals surface area contributed by atoms with Gasteiger partial charge in [-0.1, -0.05) is 23.7 Å². The fraction of sp³-hybridized carbons (Fsp3) is 0.130. The van der Waals surface area contributed by atoms with Gasteiger partial charge in [-0.05, 0) is 79.9 Å². The molecule has 152 valence electrons. The number of hydrogen-bond donors (Lipinski definition) is 2. The normalized spacial score (nSPS) is 11.3. The molecule has 0 saturated carbocycles. The molecule has 7 heteroatoms. The lowest BCUT2D eigenvalue weighted by atomic mass is 10.1. The van der Waals surface area contributed by atoms with E-state index in [1.807, 2.05) is 39.0 Å². The van der Waals surface area contributed by atoms with Gasteiger partial charge in [0.15, 0.2) is 0 Å². The molecule has 1 amide bonds. The molecule has 3 rings (SSSR count). The molecule has 6 nitrogen and oxygen atoms in total. The number of benzene rings is 3. The summed E-state index contributed by atoms with van der Waals surface area (Å²) in [7, 11) is 0. The van der Waals surface area contributed by atoms with Crippen molar-refractivity contribution in [3.8, 4) is 5.75 Å². The molecular weight excluding hydrogens is 400 g/mol. The first-order valence-corrected chi connectivity index (χ1v) is 9.63. The zero-order chi connectivity index (χ0) is 21.7. The number of phenols is 1. The fourth-order valence-electron chi connectivity index (χ4n) is 2.64. The van der Waals surface area contributed by atoms with Gasteiger partial charge in [-0.25, -0.2) is 5.43 Å². The predicted octanol–water partition coefficient (Wildman–Crippen LogP) is 6.15. The predicted molar refractivity (Wildman–Crippen MR) is 119 cm³/mol. The minimum Gasteiger partial charge on any atom is -0.507 e. The number of carbonyl (C=O) groups is 1. The van der Waals surface area contributed by atoms with Crippen LogP contribution in [0.2, 0.25) is 5.02 Å². The van der Waals surface area contributed by atoms with E-state index in [0.717, 1.165) is 16.8 Å². The summed E-state index contributed by atoms with van der Waals surface area (Å²) in [5, 5.41) is 22.7. The molecule has 0 aliphatic carbocycles. The van der Waals surface area contributed by atoms with Crippen LogP contribution in [0.1, 0.15) is 32.6 Å². The van der Waals surface area contributed by atoms with E-state index in [9.17, 15) is 9.90 Å². The van der Waals surface area contributed by atoms with Crippen LogP contribution in [-0.4, -0.2) is 17.2 Å². The molecule has 0 radical (unpaired) electrons. The minimum absolute atomic E-state index is 0.00602. The van der Waals surface area contributed by atoms with Crippen molar-refractivity contribution in [1.29, 1.82) is 0 Å². The number of nitrogens with one attached hydrogen (secondary N) is 1. The maximum absolute atomic E-state index is 12.2. The smallest absolute Gasteiger partial charge is 0.272 e. The summed E-state index contributed by atoms with van der Waals surface area (Å²) in [6.45, 7) is 5.94. The maximum atomic E-state index is 12.2. The number of amides is 1. The van der Waals surface area contributed by atoms with Crippen LogP contribution >= 0.6 is 11.6 Å². The molecule has 0 aliphatic heterocycles. The van der Waals surface area contributed by atoms with Crippen molar-refractivity contribution in [2.75, 3.05) is 0 Å². The molecule has 3 aromatic rings. The lowest BCUT2D eigenvalue weighted by molar-refractivity contribution is 0.0955. The molecule has 2 N–H and O–H groups in total. The number of hydrazone groups is 1. The molecule has 0 bridgehead atoms. The van der Waals surface area contributed by atoms with Crippen LogP contribution < -0.4 is 5.43 Å². The van der Waals surface area contributed by atoms with Crippen LogP contribution in [0.4, 0.5) is 11.4 Å². The Labute approximate surface area is 179 Å². The zero-order valence-corrected chi connectivity index (χ0v) is 17.6. The van der Waals surface area contributed by atoms with E-state index >= 15 is 0 Å². The molecular formula is C23H21ClN4O2. The summed E-state index contributed by atoms with van der Waals surface area (Å²) < 4.78 is 0. The van der Waals surface area contributed by atoms with Gasteiger partial charge in [0.05, 0.1) is 28.2 Å². The Kier molecular flexibility index (Phi) is 6.59. The Morgan fingerprint density at radius 3 is 2.33 bits per heavy atom. The van der Waals surface area contributed by atoms with Gasteiger partial charge in [-0.15, -0.1) is 0 Å². The van der Waals surface area contributed by atoms with Crippen molar-refractivity contribution in [3.63, 3.8) is 0 Å². The first-order valence-electron chi connectivity index (χ1n) is 9.25. The van der Waals surface area contributed by atoms with Crippen molar-refractivity contribution < 1.29 is 9.90 Å². The van der Waals surface area contributed by atoms with E-state index in [0.29, 0.717) is 21.8 Å². The van der Waals surface area contributed by atoms with Crippen molar-refractivity contribution in [1.82, 2.24) is 5.43 Å². The monoisotopic (exact) mass is 420 g/mol. The van der Waals surface area contributed by atoms with E-state index in [1.54, 1.807) is 30.3 Å². The van der Waals surface area contributed by atoms with Gasteiger partial charge < -0.3 is 5.11 Å². The molecule has 0 aliphatic rings. The highest BCUT2D eigenvalue weighted by atomic mass is 35.5. The molecule has 30 heavy (non-hydrogen) atoms. The summed E-state index contributed by atoms with van der Waals surface area (Å²) in [5.41, 5.74) is 7.67. The number of aryl methyl sites for hydroxylation is 3. The SMILES string of the molecule is Cc1ccc(C(=O)N/N=C/c2cc(N=Nc3ccc(C)c(C)c3)ccc2O)c(Cl)c1. The van der Waals surface area contributed by atoms with Crippen molar-refractivity contribution in [2.45, 2.75) is 20.8 Å². The van der Waals surface area contributed by atoms with E-state index in [-0.39, 0.29) is 5.75 Å². The van der Waals surface area contributed by atoms with Crippen LogP contribution in [0.25, 0.3) is 0 Å². The third kappa shape index (κ3) is 5.30. The summed E-state index contributed by atoms with van der Waals surface area (Å²) in [6.07, 6.45) is 1.34. The molecule has 0 atom stereocenters. The average molecular weight is 421 g/mol. The van der Waals surface area contributed by atoms with Crippen LogP contribution in [0.3, 0.4) is 0 Å². The largest absolute Gasteiger partial charge is 0.507 e. The van der Waals surface area contributed by atoms with Gasteiger partial charge in [0.2, 0.25) is 0 Å². The highest BCUT2D eigenvalue weighted by Gasteiger charge is 2.09. The number of hydrogen-bond acceptors (Lipinski definition) is 5.